The van der Waals surface area contributed by atoms with Gasteiger partial charge >= 0.3 is 0 Å². The van der Waals surface area contributed by atoms with Crippen molar-refractivity contribution in [3.63, 3.8) is 0 Å². The molecule has 2 rings (SSSR count). The third kappa shape index (κ3) is 1.95. The molecular weight excluding hydrogens is 223 g/mol. The van der Waals surface area contributed by atoms with Crippen LogP contribution in [0.4, 0.5) is 0 Å². The van der Waals surface area contributed by atoms with Gasteiger partial charge in [0.15, 0.2) is 5.75 Å². The topological polar surface area (TPSA) is 34.1 Å². The van der Waals surface area contributed by atoms with Crippen molar-refractivity contribution in [3.8, 4) is 5.75 Å². The highest BCUT2D eigenvalue weighted by Gasteiger charge is 2.34. The Kier molecular flexibility index (Phi) is 2.56. The van der Waals surface area contributed by atoms with E-state index in [-0.39, 0.29) is 5.60 Å². The molecule has 0 aliphatic carbocycles. The van der Waals surface area contributed by atoms with E-state index in [1.54, 1.807) is 12.3 Å². The summed E-state index contributed by atoms with van der Waals surface area (Å²) < 4.78 is 5.71. The van der Waals surface area contributed by atoms with Gasteiger partial charge in [-0.2, -0.15) is 0 Å². The minimum Gasteiger partial charge on any atom is -0.482 e. The van der Waals surface area contributed by atoms with Gasteiger partial charge in [0.05, 0.1) is 11.2 Å². The largest absolute Gasteiger partial charge is 0.482 e. The van der Waals surface area contributed by atoms with Crippen LogP contribution in [0.1, 0.15) is 6.92 Å². The Bertz CT molecular complexity index is 353. The normalized spacial score (nSPS) is 18.8. The molecule has 5 heteroatoms. The van der Waals surface area contributed by atoms with E-state index in [1.807, 2.05) is 6.92 Å². The Labute approximate surface area is 92.4 Å². The number of rotatable bonds is 2. The molecule has 0 radical (unpaired) electrons. The van der Waals surface area contributed by atoms with E-state index >= 15 is 0 Å². The smallest absolute Gasteiger partial charge is 0.157 e. The number of pyridine rings is 1. The number of halogens is 2. The Morgan fingerprint density at radius 3 is 2.71 bits per heavy atom. The van der Waals surface area contributed by atoms with Crippen molar-refractivity contribution in [2.45, 2.75) is 12.5 Å². The molecular formula is C9H10Cl2N2O. The van der Waals surface area contributed by atoms with Crippen LogP contribution in [-0.4, -0.2) is 23.7 Å². The highest BCUT2D eigenvalue weighted by atomic mass is 35.5. The summed E-state index contributed by atoms with van der Waals surface area (Å²) in [6, 6.07) is 1.58. The first-order chi connectivity index (χ1) is 6.59. The zero-order chi connectivity index (χ0) is 10.2. The lowest BCUT2D eigenvalue weighted by atomic mass is 10.0. The second-order valence-electron chi connectivity index (χ2n) is 3.59. The minimum atomic E-state index is -0.168. The molecule has 1 aliphatic rings. The van der Waals surface area contributed by atoms with Gasteiger partial charge in [0.1, 0.15) is 10.8 Å². The van der Waals surface area contributed by atoms with E-state index in [0.29, 0.717) is 15.9 Å². The van der Waals surface area contributed by atoms with Crippen LogP contribution >= 0.6 is 23.2 Å². The minimum absolute atomic E-state index is 0.168. The summed E-state index contributed by atoms with van der Waals surface area (Å²) in [5.41, 5.74) is -0.168. The van der Waals surface area contributed by atoms with Crippen molar-refractivity contribution in [2.24, 2.45) is 0 Å². The van der Waals surface area contributed by atoms with Crippen LogP contribution in [0.3, 0.4) is 0 Å². The number of aromatic nitrogens is 1. The molecule has 2 heterocycles. The Morgan fingerprint density at radius 2 is 2.21 bits per heavy atom. The van der Waals surface area contributed by atoms with Crippen LogP contribution in [-0.2, 0) is 0 Å². The predicted octanol–water partition coefficient (Wildman–Crippen LogP) is 2.13. The number of ether oxygens (including phenoxy) is 1. The van der Waals surface area contributed by atoms with Crippen LogP contribution in [0.15, 0.2) is 12.3 Å². The lowest BCUT2D eigenvalue weighted by molar-refractivity contribution is 0.0346. The zero-order valence-electron chi connectivity index (χ0n) is 7.68. The van der Waals surface area contributed by atoms with Crippen molar-refractivity contribution >= 4 is 23.2 Å². The molecule has 0 bridgehead atoms. The maximum Gasteiger partial charge on any atom is 0.157 e. The third-order valence-electron chi connectivity index (χ3n) is 2.14. The molecule has 1 saturated heterocycles. The van der Waals surface area contributed by atoms with E-state index < -0.39 is 0 Å². The first-order valence-corrected chi connectivity index (χ1v) is 5.05. The highest BCUT2D eigenvalue weighted by molar-refractivity contribution is 6.34. The summed E-state index contributed by atoms with van der Waals surface area (Å²) in [6.07, 6.45) is 1.55. The van der Waals surface area contributed by atoms with Crippen LogP contribution in [0, 0.1) is 0 Å². The fourth-order valence-electron chi connectivity index (χ4n) is 1.28. The summed E-state index contributed by atoms with van der Waals surface area (Å²) in [5.74, 6) is 0.583. The van der Waals surface area contributed by atoms with E-state index in [0.717, 1.165) is 13.1 Å². The van der Waals surface area contributed by atoms with E-state index in [4.69, 9.17) is 27.9 Å². The van der Waals surface area contributed by atoms with Crippen molar-refractivity contribution in [1.82, 2.24) is 10.3 Å². The molecule has 1 N–H and O–H groups in total. The second kappa shape index (κ2) is 3.57. The summed E-state index contributed by atoms with van der Waals surface area (Å²) >= 11 is 11.6. The Hall–Kier alpha value is -0.510. The molecule has 0 saturated carbocycles. The number of nitrogens with one attached hydrogen (secondary N) is 1. The predicted molar refractivity (Wildman–Crippen MR) is 56.2 cm³/mol. The molecule has 0 aromatic carbocycles. The molecule has 76 valence electrons. The van der Waals surface area contributed by atoms with Gasteiger partial charge in [0.25, 0.3) is 0 Å². The van der Waals surface area contributed by atoms with Crippen molar-refractivity contribution in [1.29, 1.82) is 0 Å². The van der Waals surface area contributed by atoms with Gasteiger partial charge in [0, 0.05) is 13.1 Å². The summed E-state index contributed by atoms with van der Waals surface area (Å²) in [5, 5.41) is 4.01. The zero-order valence-corrected chi connectivity index (χ0v) is 9.19. The van der Waals surface area contributed by atoms with Gasteiger partial charge < -0.3 is 10.1 Å². The first kappa shape index (κ1) is 10.0. The molecule has 1 aromatic rings. The van der Waals surface area contributed by atoms with E-state index in [2.05, 4.69) is 10.3 Å². The van der Waals surface area contributed by atoms with E-state index in [1.165, 1.54) is 0 Å². The monoisotopic (exact) mass is 232 g/mol. The highest BCUT2D eigenvalue weighted by Crippen LogP contribution is 2.29. The van der Waals surface area contributed by atoms with Crippen LogP contribution in [0.25, 0.3) is 0 Å². The van der Waals surface area contributed by atoms with Gasteiger partial charge in [-0.3, -0.25) is 0 Å². The molecule has 0 atom stereocenters. The first-order valence-electron chi connectivity index (χ1n) is 4.30. The molecule has 14 heavy (non-hydrogen) atoms. The van der Waals surface area contributed by atoms with E-state index in [9.17, 15) is 0 Å². The lowest BCUT2D eigenvalue weighted by Crippen LogP contribution is -2.61. The van der Waals surface area contributed by atoms with Crippen molar-refractivity contribution in [2.75, 3.05) is 13.1 Å². The standard InChI is InChI=1S/C9H10Cl2N2O/c1-9(4-12-5-9)14-7-3-13-8(11)2-6(7)10/h2-3,12H,4-5H2,1H3. The quantitative estimate of drug-likeness (QED) is 0.794. The average molecular weight is 233 g/mol. The fourth-order valence-corrected chi connectivity index (χ4v) is 1.69. The SMILES string of the molecule is CC1(Oc2cnc(Cl)cc2Cl)CNC1. The number of hydrogen-bond donors (Lipinski definition) is 1. The molecule has 0 unspecified atom stereocenters. The summed E-state index contributed by atoms with van der Waals surface area (Å²) in [7, 11) is 0. The van der Waals surface area contributed by atoms with Crippen molar-refractivity contribution in [3.05, 3.63) is 22.4 Å². The average Bonchev–Trinajstić information content (AvgIpc) is 2.07. The molecule has 0 spiro atoms. The Balaban J connectivity index is 2.16. The summed E-state index contributed by atoms with van der Waals surface area (Å²) in [4.78, 5) is 3.92. The molecule has 0 amide bonds. The second-order valence-corrected chi connectivity index (χ2v) is 4.39. The van der Waals surface area contributed by atoms with Crippen LogP contribution in [0.5, 0.6) is 5.75 Å². The van der Waals surface area contributed by atoms with Gasteiger partial charge in [-0.1, -0.05) is 23.2 Å². The molecule has 1 aromatic heterocycles. The maximum atomic E-state index is 5.95. The third-order valence-corrected chi connectivity index (χ3v) is 2.64. The number of hydrogen-bond acceptors (Lipinski definition) is 3. The van der Waals surface area contributed by atoms with Gasteiger partial charge in [0.2, 0.25) is 0 Å². The molecule has 1 fully saturated rings. The molecule has 3 nitrogen and oxygen atoms in total. The lowest BCUT2D eigenvalue weighted by Gasteiger charge is -2.39. The Morgan fingerprint density at radius 1 is 1.50 bits per heavy atom. The van der Waals surface area contributed by atoms with Crippen molar-refractivity contribution < 1.29 is 4.74 Å². The van der Waals surface area contributed by atoms with Gasteiger partial charge in [-0.05, 0) is 13.0 Å². The van der Waals surface area contributed by atoms with Gasteiger partial charge in [-0.25, -0.2) is 4.98 Å². The molecule has 1 aliphatic heterocycles. The summed E-state index contributed by atoms with van der Waals surface area (Å²) in [6.45, 7) is 3.67. The van der Waals surface area contributed by atoms with Crippen LogP contribution in [0.2, 0.25) is 10.2 Å². The fraction of sp³-hybridized carbons (Fsp3) is 0.444. The van der Waals surface area contributed by atoms with Gasteiger partial charge in [-0.15, -0.1) is 0 Å². The number of nitrogens with zero attached hydrogens (tertiary/aromatic N) is 1. The maximum absolute atomic E-state index is 5.95. The van der Waals surface area contributed by atoms with Crippen LogP contribution < -0.4 is 10.1 Å².